The van der Waals surface area contributed by atoms with Crippen LogP contribution in [0.25, 0.3) is 11.1 Å². The lowest BCUT2D eigenvalue weighted by Crippen LogP contribution is -2.47. The van der Waals surface area contributed by atoms with Crippen LogP contribution in [0.5, 0.6) is 5.88 Å². The Morgan fingerprint density at radius 3 is 2.41 bits per heavy atom. The molecule has 1 heterocycles. The first-order valence-corrected chi connectivity index (χ1v) is 14.1. The molecule has 2 N–H and O–H groups in total. The number of aromatic nitrogens is 2. The number of halogens is 1. The van der Waals surface area contributed by atoms with Crippen LogP contribution in [-0.2, 0) is 29.3 Å². The van der Waals surface area contributed by atoms with Crippen molar-refractivity contribution in [2.24, 2.45) is 0 Å². The first-order valence-electron chi connectivity index (χ1n) is 13.7. The summed E-state index contributed by atoms with van der Waals surface area (Å²) in [6.07, 6.45) is 3.62. The van der Waals surface area contributed by atoms with Crippen LogP contribution in [0.3, 0.4) is 0 Å². The van der Waals surface area contributed by atoms with Gasteiger partial charge in [-0.15, -0.1) is 0 Å². The molecule has 2 atom stereocenters. The number of carbonyl (C=O) groups excluding carboxylic acids is 1. The van der Waals surface area contributed by atoms with Crippen LogP contribution in [-0.4, -0.2) is 38.9 Å². The van der Waals surface area contributed by atoms with E-state index in [0.29, 0.717) is 11.6 Å². The summed E-state index contributed by atoms with van der Waals surface area (Å²) in [7, 11) is 0. The van der Waals surface area contributed by atoms with E-state index in [0.717, 1.165) is 47.9 Å². The first-order chi connectivity index (χ1) is 20.0. The van der Waals surface area contributed by atoms with Crippen molar-refractivity contribution in [3.8, 4) is 17.0 Å². The molecule has 0 spiro atoms. The maximum atomic E-state index is 13.1. The third-order valence-corrected chi connectivity index (χ3v) is 7.50. The van der Waals surface area contributed by atoms with Gasteiger partial charge < -0.3 is 19.9 Å². The summed E-state index contributed by atoms with van der Waals surface area (Å²) < 4.78 is 13.5. The molecule has 0 saturated heterocycles. The Labute approximate surface area is 243 Å². The van der Waals surface area contributed by atoms with E-state index in [2.05, 4.69) is 10.4 Å². The van der Waals surface area contributed by atoms with Gasteiger partial charge >= 0.3 is 5.97 Å². The lowest BCUT2D eigenvalue weighted by Gasteiger charge is -2.32. The number of nitrogens with one attached hydrogen (secondary N) is 1. The second-order valence-corrected chi connectivity index (χ2v) is 10.5. The van der Waals surface area contributed by atoms with Crippen LogP contribution < -0.4 is 10.1 Å². The molecule has 1 aromatic heterocycles. The molecule has 9 heteroatoms. The fraction of sp³-hybridized carbons (Fsp3) is 0.281. The Bertz CT molecular complexity index is 1490. The first kappa shape index (κ1) is 28.4. The van der Waals surface area contributed by atoms with Gasteiger partial charge in [0, 0.05) is 16.7 Å². The van der Waals surface area contributed by atoms with E-state index >= 15 is 0 Å². The number of carbonyl (C=O) groups is 2. The third-order valence-electron chi connectivity index (χ3n) is 7.17. The molecule has 5 rings (SSSR count). The van der Waals surface area contributed by atoms with E-state index in [-0.39, 0.29) is 42.8 Å². The van der Waals surface area contributed by atoms with Crippen molar-refractivity contribution >= 4 is 23.5 Å². The van der Waals surface area contributed by atoms with Crippen molar-refractivity contribution in [2.75, 3.05) is 0 Å². The highest BCUT2D eigenvalue weighted by atomic mass is 35.5. The van der Waals surface area contributed by atoms with E-state index in [1.165, 1.54) is 10.7 Å². The number of benzene rings is 3. The van der Waals surface area contributed by atoms with Gasteiger partial charge in [0.25, 0.3) is 0 Å². The zero-order valence-corrected chi connectivity index (χ0v) is 23.3. The minimum atomic E-state index is -1.20. The number of aromatic carboxylic acids is 1. The zero-order chi connectivity index (χ0) is 28.6. The van der Waals surface area contributed by atoms with Gasteiger partial charge in [-0.1, -0.05) is 97.2 Å². The number of rotatable bonds is 11. The van der Waals surface area contributed by atoms with Crippen molar-refractivity contribution in [1.29, 1.82) is 0 Å². The van der Waals surface area contributed by atoms with Gasteiger partial charge in [-0.2, -0.15) is 5.10 Å². The molecule has 3 aromatic carbocycles. The summed E-state index contributed by atoms with van der Waals surface area (Å²) in [6, 6.07) is 26.4. The number of hydrogen-bond acceptors (Lipinski definition) is 5. The number of ether oxygens (including phenoxy) is 2. The number of nitrogens with zero attached hydrogens (tertiary/aromatic N) is 2. The molecule has 4 aromatic rings. The van der Waals surface area contributed by atoms with E-state index < -0.39 is 5.97 Å². The van der Waals surface area contributed by atoms with Crippen LogP contribution >= 0.6 is 11.6 Å². The highest BCUT2D eigenvalue weighted by Crippen LogP contribution is 2.31. The normalized spacial score (nSPS) is 16.7. The molecule has 1 fully saturated rings. The second-order valence-electron chi connectivity index (χ2n) is 10.0. The van der Waals surface area contributed by atoms with Crippen molar-refractivity contribution in [1.82, 2.24) is 15.1 Å². The van der Waals surface area contributed by atoms with Crippen LogP contribution in [0.4, 0.5) is 0 Å². The Hall–Kier alpha value is -4.14. The summed E-state index contributed by atoms with van der Waals surface area (Å²) in [5.74, 6) is -1.30. The van der Waals surface area contributed by atoms with Crippen LogP contribution in [0.1, 0.15) is 47.3 Å². The molecule has 0 aliphatic heterocycles. The third kappa shape index (κ3) is 7.34. The number of carboxylic acid groups (broad SMARTS) is 1. The smallest absolute Gasteiger partial charge is 0.356 e. The second kappa shape index (κ2) is 13.5. The van der Waals surface area contributed by atoms with E-state index in [1.807, 2.05) is 78.9 Å². The number of hydrogen-bond donors (Lipinski definition) is 2. The highest BCUT2D eigenvalue weighted by Gasteiger charge is 2.28. The number of amides is 1. The fourth-order valence-corrected chi connectivity index (χ4v) is 5.34. The Balaban J connectivity index is 1.27. The van der Waals surface area contributed by atoms with Gasteiger partial charge in [0.05, 0.1) is 18.8 Å². The monoisotopic (exact) mass is 573 g/mol. The molecule has 0 radical (unpaired) electrons. The molecular formula is C32H32ClN3O5. The molecule has 1 aliphatic rings. The summed E-state index contributed by atoms with van der Waals surface area (Å²) in [4.78, 5) is 24.8. The van der Waals surface area contributed by atoms with Gasteiger partial charge in [0.2, 0.25) is 11.8 Å². The zero-order valence-electron chi connectivity index (χ0n) is 22.5. The van der Waals surface area contributed by atoms with E-state index in [4.69, 9.17) is 21.1 Å². The van der Waals surface area contributed by atoms with Crippen LogP contribution in [0.15, 0.2) is 84.9 Å². The molecule has 41 heavy (non-hydrogen) atoms. The van der Waals surface area contributed by atoms with E-state index in [1.54, 1.807) is 0 Å². The van der Waals surface area contributed by atoms with Crippen LogP contribution in [0, 0.1) is 0 Å². The lowest BCUT2D eigenvalue weighted by molar-refractivity contribution is -0.124. The molecule has 212 valence electrons. The molecule has 0 bridgehead atoms. The summed E-state index contributed by atoms with van der Waals surface area (Å²) in [6.45, 7) is 0.426. The average molecular weight is 574 g/mol. The molecule has 1 saturated carbocycles. The van der Waals surface area contributed by atoms with Crippen LogP contribution in [0.2, 0.25) is 5.02 Å². The van der Waals surface area contributed by atoms with Crippen molar-refractivity contribution in [3.63, 3.8) is 0 Å². The van der Waals surface area contributed by atoms with Crippen molar-refractivity contribution < 1.29 is 24.2 Å². The topological polar surface area (TPSA) is 103 Å². The standard InChI is InChI=1S/C32H32ClN3O5/c33-26-15-7-6-14-25(26)24-13-5-4-12-23(24)21-41-31-18-28(32(38)39)35-36(31)19-30(37)34-27-16-8-9-17-29(27)40-20-22-10-2-1-3-11-22/h1-7,10-15,18,27,29H,8-9,16-17,19-21H2,(H,34,37)(H,38,39)/t27-,29-/m0/s1. The van der Waals surface area contributed by atoms with Crippen molar-refractivity contribution in [2.45, 2.75) is 57.6 Å². The molecule has 1 aliphatic carbocycles. The maximum Gasteiger partial charge on any atom is 0.356 e. The number of carboxylic acids is 1. The van der Waals surface area contributed by atoms with Crippen molar-refractivity contribution in [3.05, 3.63) is 107 Å². The highest BCUT2D eigenvalue weighted by molar-refractivity contribution is 6.33. The molecule has 8 nitrogen and oxygen atoms in total. The predicted octanol–water partition coefficient (Wildman–Crippen LogP) is 6.12. The Morgan fingerprint density at radius 2 is 1.63 bits per heavy atom. The van der Waals surface area contributed by atoms with Gasteiger partial charge in [-0.3, -0.25) is 4.79 Å². The SMILES string of the molecule is O=C(Cn1nc(C(=O)O)cc1OCc1ccccc1-c1ccccc1Cl)N[C@H]1CCCC[C@@H]1OCc1ccccc1. The minimum absolute atomic E-state index is 0.0999. The lowest BCUT2D eigenvalue weighted by atomic mass is 9.92. The summed E-state index contributed by atoms with van der Waals surface area (Å²) >= 11 is 6.44. The molecule has 1 amide bonds. The largest absolute Gasteiger partial charge is 0.476 e. The van der Waals surface area contributed by atoms with E-state index in [9.17, 15) is 14.7 Å². The molecular weight excluding hydrogens is 542 g/mol. The Morgan fingerprint density at radius 1 is 0.927 bits per heavy atom. The fourth-order valence-electron chi connectivity index (χ4n) is 5.10. The van der Waals surface area contributed by atoms with Gasteiger partial charge in [0.1, 0.15) is 13.2 Å². The summed E-state index contributed by atoms with van der Waals surface area (Å²) in [5.41, 5.74) is 3.51. The minimum Gasteiger partial charge on any atom is -0.476 e. The maximum absolute atomic E-state index is 13.1. The molecule has 0 unspecified atom stereocenters. The van der Waals surface area contributed by atoms with Gasteiger partial charge in [-0.25, -0.2) is 9.48 Å². The average Bonchev–Trinajstić information content (AvgIpc) is 3.39. The predicted molar refractivity (Wildman–Crippen MR) is 156 cm³/mol. The Kier molecular flexibility index (Phi) is 9.33. The summed E-state index contributed by atoms with van der Waals surface area (Å²) in [5, 5.41) is 17.4. The van der Waals surface area contributed by atoms with Gasteiger partial charge in [-0.05, 0) is 35.6 Å². The quantitative estimate of drug-likeness (QED) is 0.224. The van der Waals surface area contributed by atoms with Gasteiger partial charge in [0.15, 0.2) is 5.69 Å².